The van der Waals surface area contributed by atoms with E-state index in [0.29, 0.717) is 10.9 Å². The van der Waals surface area contributed by atoms with Crippen molar-refractivity contribution in [2.75, 3.05) is 25.2 Å². The molecular weight excluding hydrogens is 379 g/mol. The summed E-state index contributed by atoms with van der Waals surface area (Å²) < 4.78 is 25.6. The van der Waals surface area contributed by atoms with E-state index in [0.717, 1.165) is 0 Å². The normalized spacial score (nSPS) is 13.0. The molecule has 0 N–H and O–H groups in total. The highest BCUT2D eigenvalue weighted by Gasteiger charge is 2.22. The molecule has 0 aromatic heterocycles. The number of ether oxygens (including phenoxy) is 1. The largest absolute Gasteiger partial charge is 0.697 e. The summed E-state index contributed by atoms with van der Waals surface area (Å²) in [6.45, 7) is 5.28. The van der Waals surface area contributed by atoms with Crippen LogP contribution in [0.3, 0.4) is 0 Å². The molecule has 0 rings (SSSR count). The summed E-state index contributed by atoms with van der Waals surface area (Å²) in [6.07, 6.45) is 0. The van der Waals surface area contributed by atoms with Crippen LogP contribution in [0.25, 0.3) is 0 Å². The van der Waals surface area contributed by atoms with Crippen molar-refractivity contribution in [3.8, 4) is 0 Å². The Kier molecular flexibility index (Phi) is 10.3. The zero-order valence-electron chi connectivity index (χ0n) is 9.36. The number of halogens is 2. The number of rotatable bonds is 9. The smallest absolute Gasteiger partial charge is 0.460 e. The van der Waals surface area contributed by atoms with E-state index in [2.05, 4.69) is 38.4 Å². The molecule has 0 aliphatic heterocycles. The molecule has 0 saturated heterocycles. The second kappa shape index (κ2) is 10.1. The number of carbonyl (C=O) groups excluding carboxylic acids is 1. The summed E-state index contributed by atoms with van der Waals surface area (Å²) >= 11 is 6.52. The first-order chi connectivity index (χ1) is 7.97. The molecule has 0 radical (unpaired) electrons. The van der Waals surface area contributed by atoms with Crippen molar-refractivity contribution in [3.63, 3.8) is 0 Å². The standard InChI is InChI=1S/C9H14Br2O5P/c1-7(2)9(12)14-3-4-15-17(13)16-6-8(11)5-10/h8H,1,3-6H2,2H3/q+1. The Bertz CT molecular complexity index is 285. The van der Waals surface area contributed by atoms with Gasteiger partial charge in [0.1, 0.15) is 19.8 Å². The van der Waals surface area contributed by atoms with Crippen molar-refractivity contribution in [2.24, 2.45) is 0 Å². The number of esters is 1. The molecule has 0 heterocycles. The molecule has 0 saturated carbocycles. The minimum atomic E-state index is -2.18. The van der Waals surface area contributed by atoms with Gasteiger partial charge in [0.2, 0.25) is 0 Å². The van der Waals surface area contributed by atoms with Crippen LogP contribution in [-0.4, -0.2) is 35.9 Å². The summed E-state index contributed by atoms with van der Waals surface area (Å²) in [5, 5.41) is 0.687. The van der Waals surface area contributed by atoms with E-state index >= 15 is 0 Å². The minimum Gasteiger partial charge on any atom is -0.460 e. The Morgan fingerprint density at radius 1 is 1.41 bits per heavy atom. The first-order valence-corrected chi connectivity index (χ1v) is 7.86. The quantitative estimate of drug-likeness (QED) is 0.198. The van der Waals surface area contributed by atoms with Crippen LogP contribution < -0.4 is 0 Å². The first-order valence-electron chi connectivity index (χ1n) is 4.73. The van der Waals surface area contributed by atoms with Gasteiger partial charge in [-0.05, 0) is 6.92 Å². The average Bonchev–Trinajstić information content (AvgIpc) is 2.30. The molecule has 17 heavy (non-hydrogen) atoms. The van der Waals surface area contributed by atoms with Gasteiger partial charge >= 0.3 is 14.2 Å². The fraction of sp³-hybridized carbons (Fsp3) is 0.667. The molecular formula is C9H14Br2O5P+. The van der Waals surface area contributed by atoms with E-state index in [-0.39, 0.29) is 24.6 Å². The highest BCUT2D eigenvalue weighted by atomic mass is 79.9. The predicted octanol–water partition coefficient (Wildman–Crippen LogP) is 2.95. The Labute approximate surface area is 118 Å². The van der Waals surface area contributed by atoms with Gasteiger partial charge in [-0.3, -0.25) is 0 Å². The number of hydrogen-bond acceptors (Lipinski definition) is 5. The summed E-state index contributed by atoms with van der Waals surface area (Å²) in [4.78, 5) is 11.0. The van der Waals surface area contributed by atoms with Gasteiger partial charge in [0, 0.05) is 15.5 Å². The maximum atomic E-state index is 11.2. The van der Waals surface area contributed by atoms with E-state index in [1.54, 1.807) is 6.92 Å². The van der Waals surface area contributed by atoms with Gasteiger partial charge in [0.05, 0.1) is 4.83 Å². The van der Waals surface area contributed by atoms with Crippen LogP contribution in [0.5, 0.6) is 0 Å². The molecule has 8 heteroatoms. The first kappa shape index (κ1) is 17.2. The lowest BCUT2D eigenvalue weighted by molar-refractivity contribution is -0.139. The van der Waals surface area contributed by atoms with Gasteiger partial charge in [0.15, 0.2) is 0 Å². The van der Waals surface area contributed by atoms with Gasteiger partial charge in [0.25, 0.3) is 0 Å². The van der Waals surface area contributed by atoms with E-state index in [9.17, 15) is 9.36 Å². The number of alkyl halides is 2. The van der Waals surface area contributed by atoms with Crippen molar-refractivity contribution in [2.45, 2.75) is 11.8 Å². The van der Waals surface area contributed by atoms with E-state index in [1.807, 2.05) is 0 Å². The Morgan fingerprint density at radius 2 is 2.06 bits per heavy atom. The highest BCUT2D eigenvalue weighted by molar-refractivity contribution is 9.12. The van der Waals surface area contributed by atoms with E-state index in [1.165, 1.54) is 0 Å². The molecule has 98 valence electrons. The lowest BCUT2D eigenvalue weighted by atomic mass is 10.4. The molecule has 0 aromatic carbocycles. The number of hydrogen-bond donors (Lipinski definition) is 0. The Morgan fingerprint density at radius 3 is 2.59 bits per heavy atom. The van der Waals surface area contributed by atoms with Gasteiger partial charge in [-0.25, -0.2) is 4.79 Å². The lowest BCUT2D eigenvalue weighted by Crippen LogP contribution is -2.10. The summed E-state index contributed by atoms with van der Waals surface area (Å²) in [6, 6.07) is 0. The van der Waals surface area contributed by atoms with Gasteiger partial charge < -0.3 is 4.74 Å². The Balaban J connectivity index is 3.52. The molecule has 0 aliphatic rings. The van der Waals surface area contributed by atoms with E-state index in [4.69, 9.17) is 13.8 Å². The van der Waals surface area contributed by atoms with Crippen molar-refractivity contribution >= 4 is 46.1 Å². The average molecular weight is 393 g/mol. The van der Waals surface area contributed by atoms with Crippen LogP contribution in [0.4, 0.5) is 0 Å². The molecule has 2 atom stereocenters. The van der Waals surface area contributed by atoms with Crippen molar-refractivity contribution < 1.29 is 23.1 Å². The minimum absolute atomic E-state index is 0.0202. The fourth-order valence-electron chi connectivity index (χ4n) is 0.593. The van der Waals surface area contributed by atoms with Crippen LogP contribution in [-0.2, 0) is 23.1 Å². The maximum Gasteiger partial charge on any atom is 0.697 e. The van der Waals surface area contributed by atoms with Gasteiger partial charge in [-0.15, -0.1) is 9.05 Å². The summed E-state index contributed by atoms with van der Waals surface area (Å²) in [5.41, 5.74) is 0.310. The van der Waals surface area contributed by atoms with Crippen molar-refractivity contribution in [3.05, 3.63) is 12.2 Å². The molecule has 0 spiro atoms. The monoisotopic (exact) mass is 391 g/mol. The van der Waals surface area contributed by atoms with Gasteiger partial charge in [-0.2, -0.15) is 0 Å². The zero-order valence-corrected chi connectivity index (χ0v) is 13.4. The fourth-order valence-corrected chi connectivity index (χ4v) is 1.72. The number of carbonyl (C=O) groups is 1. The molecule has 0 bridgehead atoms. The van der Waals surface area contributed by atoms with Crippen LogP contribution >= 0.6 is 40.1 Å². The molecule has 0 fully saturated rings. The molecule has 5 nitrogen and oxygen atoms in total. The second-order valence-electron chi connectivity index (χ2n) is 3.02. The highest BCUT2D eigenvalue weighted by Crippen LogP contribution is 2.24. The second-order valence-corrected chi connectivity index (χ2v) is 5.93. The molecule has 0 aliphatic carbocycles. The van der Waals surface area contributed by atoms with Crippen LogP contribution in [0.2, 0.25) is 0 Å². The third-order valence-corrected chi connectivity index (χ3v) is 4.38. The van der Waals surface area contributed by atoms with E-state index < -0.39 is 14.2 Å². The topological polar surface area (TPSA) is 61.8 Å². The molecule has 0 aromatic rings. The van der Waals surface area contributed by atoms with Gasteiger partial charge in [-0.1, -0.05) is 38.4 Å². The zero-order chi connectivity index (χ0) is 13.3. The maximum absolute atomic E-state index is 11.2. The Hall–Kier alpha value is 0.190. The summed E-state index contributed by atoms with van der Waals surface area (Å²) in [5.74, 6) is -0.496. The summed E-state index contributed by atoms with van der Waals surface area (Å²) in [7, 11) is -2.18. The van der Waals surface area contributed by atoms with Crippen LogP contribution in [0.15, 0.2) is 12.2 Å². The molecule has 2 unspecified atom stereocenters. The third-order valence-electron chi connectivity index (χ3n) is 1.39. The van der Waals surface area contributed by atoms with Crippen molar-refractivity contribution in [1.29, 1.82) is 0 Å². The lowest BCUT2D eigenvalue weighted by Gasteiger charge is -2.00. The third kappa shape index (κ3) is 9.85. The van der Waals surface area contributed by atoms with Crippen LogP contribution in [0.1, 0.15) is 6.92 Å². The predicted molar refractivity (Wildman–Crippen MR) is 71.8 cm³/mol. The van der Waals surface area contributed by atoms with Crippen LogP contribution in [0, 0.1) is 0 Å². The SMILES string of the molecule is C=C(C)C(=O)OCCO[P+](=O)OCC(Br)CBr. The van der Waals surface area contributed by atoms with Crippen molar-refractivity contribution in [1.82, 2.24) is 0 Å². The molecule has 0 amide bonds.